The van der Waals surface area contributed by atoms with Crippen LogP contribution in [0.25, 0.3) is 11.1 Å². The molecule has 2 atom stereocenters. The fourth-order valence-electron chi connectivity index (χ4n) is 3.97. The molecule has 2 aromatic rings. The number of rotatable bonds is 7. The normalized spacial score (nSPS) is 19.6. The van der Waals surface area contributed by atoms with Gasteiger partial charge in [0, 0.05) is 25.6 Å². The zero-order valence-corrected chi connectivity index (χ0v) is 17.4. The summed E-state index contributed by atoms with van der Waals surface area (Å²) in [6, 6.07) is 12.2. The number of ether oxygens (including phenoxy) is 1. The number of nitrogens with one attached hydrogen (secondary N) is 1. The molecule has 0 spiro atoms. The number of aliphatic hydroxyl groups excluding tert-OH is 1. The second-order valence-electron chi connectivity index (χ2n) is 7.93. The Morgan fingerprint density at radius 3 is 2.58 bits per heavy atom. The average molecular weight is 427 g/mol. The van der Waals surface area contributed by atoms with Gasteiger partial charge in [-0.2, -0.15) is 0 Å². The number of likely N-dealkylation sites (tertiary alicyclic amines) is 1. The van der Waals surface area contributed by atoms with E-state index in [-0.39, 0.29) is 31.6 Å². The number of nitrogens with zero attached hydrogens (tertiary/aromatic N) is 2. The van der Waals surface area contributed by atoms with Crippen molar-refractivity contribution in [3.63, 3.8) is 0 Å². The second-order valence-corrected chi connectivity index (χ2v) is 7.93. The van der Waals surface area contributed by atoms with Gasteiger partial charge >= 0.3 is 6.09 Å². The van der Waals surface area contributed by atoms with E-state index in [1.165, 1.54) is 17.9 Å². The van der Waals surface area contributed by atoms with Crippen LogP contribution < -0.4 is 10.2 Å². The Bertz CT molecular complexity index is 962. The average Bonchev–Trinajstić information content (AvgIpc) is 3.10. The minimum absolute atomic E-state index is 0.0263. The predicted molar refractivity (Wildman–Crippen MR) is 114 cm³/mol. The molecular formula is C23H26FN3O4. The number of carbonyl (C=O) groups excluding carboxylic acids is 2. The van der Waals surface area contributed by atoms with Crippen molar-refractivity contribution in [3.05, 3.63) is 53.8 Å². The molecule has 2 aliphatic rings. The van der Waals surface area contributed by atoms with Crippen LogP contribution in [0.15, 0.2) is 42.5 Å². The summed E-state index contributed by atoms with van der Waals surface area (Å²) in [5.74, 6) is -0.643. The summed E-state index contributed by atoms with van der Waals surface area (Å²) in [7, 11) is 0. The molecular weight excluding hydrogens is 401 g/mol. The van der Waals surface area contributed by atoms with E-state index in [0.29, 0.717) is 11.3 Å². The third-order valence-electron chi connectivity index (χ3n) is 5.83. The van der Waals surface area contributed by atoms with Crippen LogP contribution in [0.5, 0.6) is 0 Å². The number of cyclic esters (lactones) is 1. The number of carbonyl (C=O) groups is 2. The smallest absolute Gasteiger partial charge is 0.414 e. The van der Waals surface area contributed by atoms with Crippen molar-refractivity contribution < 1.29 is 23.8 Å². The van der Waals surface area contributed by atoms with E-state index in [1.54, 1.807) is 12.1 Å². The second kappa shape index (κ2) is 9.03. The summed E-state index contributed by atoms with van der Waals surface area (Å²) in [6.07, 6.45) is 0.107. The quantitative estimate of drug-likeness (QED) is 0.710. The molecule has 4 rings (SSSR count). The van der Waals surface area contributed by atoms with Crippen LogP contribution in [0.3, 0.4) is 0 Å². The van der Waals surface area contributed by atoms with Crippen LogP contribution in [-0.4, -0.2) is 60.9 Å². The molecule has 2 N–H and O–H groups in total. The SMILES string of the molecule is CC(=O)NC[C@H]1CN(c2ccc(-c3ccc(C(CO)N4CCC4)cc3)c(F)c2)C(=O)O1. The van der Waals surface area contributed by atoms with Crippen LogP contribution in [0.4, 0.5) is 14.9 Å². The van der Waals surface area contributed by atoms with E-state index < -0.39 is 18.0 Å². The fraction of sp³-hybridized carbons (Fsp3) is 0.391. The summed E-state index contributed by atoms with van der Waals surface area (Å²) in [6.45, 7) is 3.87. The summed E-state index contributed by atoms with van der Waals surface area (Å²) < 4.78 is 20.1. The number of benzene rings is 2. The first-order valence-electron chi connectivity index (χ1n) is 10.4. The number of anilines is 1. The zero-order valence-electron chi connectivity index (χ0n) is 17.4. The maximum absolute atomic E-state index is 14.9. The van der Waals surface area contributed by atoms with E-state index in [0.717, 1.165) is 30.6 Å². The maximum Gasteiger partial charge on any atom is 0.414 e. The summed E-state index contributed by atoms with van der Waals surface area (Å²) >= 11 is 0. The minimum atomic E-state index is -0.562. The predicted octanol–water partition coefficient (Wildman–Crippen LogP) is 2.69. The molecule has 0 bridgehead atoms. The molecule has 7 nitrogen and oxygen atoms in total. The van der Waals surface area contributed by atoms with Gasteiger partial charge in [-0.1, -0.05) is 24.3 Å². The lowest BCUT2D eigenvalue weighted by Crippen LogP contribution is -2.41. The highest BCUT2D eigenvalue weighted by atomic mass is 19.1. The van der Waals surface area contributed by atoms with Gasteiger partial charge in [-0.3, -0.25) is 14.6 Å². The van der Waals surface area contributed by atoms with Crippen molar-refractivity contribution in [2.24, 2.45) is 0 Å². The van der Waals surface area contributed by atoms with Crippen molar-refractivity contribution in [1.29, 1.82) is 0 Å². The van der Waals surface area contributed by atoms with E-state index >= 15 is 0 Å². The Hall–Kier alpha value is -2.97. The van der Waals surface area contributed by atoms with Gasteiger partial charge in [0.1, 0.15) is 11.9 Å². The van der Waals surface area contributed by atoms with Gasteiger partial charge in [0.05, 0.1) is 31.4 Å². The summed E-state index contributed by atoms with van der Waals surface area (Å²) in [4.78, 5) is 26.8. The Kier molecular flexibility index (Phi) is 6.20. The Morgan fingerprint density at radius 2 is 2.00 bits per heavy atom. The van der Waals surface area contributed by atoms with Crippen LogP contribution in [0.1, 0.15) is 24.9 Å². The molecule has 2 heterocycles. The molecule has 0 radical (unpaired) electrons. The fourth-order valence-corrected chi connectivity index (χ4v) is 3.97. The third-order valence-corrected chi connectivity index (χ3v) is 5.83. The van der Waals surface area contributed by atoms with Crippen LogP contribution in [-0.2, 0) is 9.53 Å². The molecule has 2 saturated heterocycles. The molecule has 2 fully saturated rings. The lowest BCUT2D eigenvalue weighted by Gasteiger charge is -2.37. The first kappa shape index (κ1) is 21.3. The first-order chi connectivity index (χ1) is 15.0. The molecule has 164 valence electrons. The van der Waals surface area contributed by atoms with Crippen LogP contribution in [0, 0.1) is 5.82 Å². The molecule has 2 amide bonds. The van der Waals surface area contributed by atoms with E-state index in [2.05, 4.69) is 10.2 Å². The van der Waals surface area contributed by atoms with Gasteiger partial charge in [-0.25, -0.2) is 9.18 Å². The van der Waals surface area contributed by atoms with Crippen LogP contribution in [0.2, 0.25) is 0 Å². The Labute approximate surface area is 180 Å². The van der Waals surface area contributed by atoms with Gasteiger partial charge in [0.15, 0.2) is 0 Å². The summed E-state index contributed by atoms with van der Waals surface area (Å²) in [5.41, 5.74) is 2.57. The standard InChI is InChI=1S/C23H26FN3O4/c1-15(29)25-12-19-13-27(23(30)31-19)18-7-8-20(21(24)11-18)16-3-5-17(6-4-16)22(14-28)26-9-2-10-26/h3-8,11,19,22,28H,2,9-10,12-14H2,1H3,(H,25,29)/t19-,22?/m0/s1. The first-order valence-corrected chi connectivity index (χ1v) is 10.4. The highest BCUT2D eigenvalue weighted by molar-refractivity contribution is 5.90. The topological polar surface area (TPSA) is 82.1 Å². The molecule has 0 aromatic heterocycles. The number of hydrogen-bond donors (Lipinski definition) is 2. The van der Waals surface area contributed by atoms with Crippen LogP contribution >= 0.6 is 0 Å². The minimum Gasteiger partial charge on any atom is -0.442 e. The highest BCUT2D eigenvalue weighted by Crippen LogP contribution is 2.31. The number of amides is 2. The summed E-state index contributed by atoms with van der Waals surface area (Å²) in [5, 5.41) is 12.3. The number of aliphatic hydroxyl groups is 1. The largest absolute Gasteiger partial charge is 0.442 e. The molecule has 2 aromatic carbocycles. The Balaban J connectivity index is 1.47. The van der Waals surface area contributed by atoms with Gasteiger partial charge in [0.2, 0.25) is 5.91 Å². The van der Waals surface area contributed by atoms with Gasteiger partial charge in [0.25, 0.3) is 0 Å². The van der Waals surface area contributed by atoms with E-state index in [9.17, 15) is 19.1 Å². The van der Waals surface area contributed by atoms with Gasteiger partial charge in [-0.15, -0.1) is 0 Å². The molecule has 0 saturated carbocycles. The molecule has 1 unspecified atom stereocenters. The van der Waals surface area contributed by atoms with Crippen molar-refractivity contribution in [2.45, 2.75) is 25.5 Å². The maximum atomic E-state index is 14.9. The van der Waals surface area contributed by atoms with E-state index in [1.807, 2.05) is 24.3 Å². The lowest BCUT2D eigenvalue weighted by atomic mass is 9.98. The monoisotopic (exact) mass is 427 g/mol. The molecule has 0 aliphatic carbocycles. The Morgan fingerprint density at radius 1 is 1.26 bits per heavy atom. The van der Waals surface area contributed by atoms with Crippen molar-refractivity contribution in [1.82, 2.24) is 10.2 Å². The third kappa shape index (κ3) is 4.55. The molecule has 8 heteroatoms. The van der Waals surface area contributed by atoms with E-state index in [4.69, 9.17) is 4.74 Å². The molecule has 31 heavy (non-hydrogen) atoms. The highest BCUT2D eigenvalue weighted by Gasteiger charge is 2.32. The molecule has 2 aliphatic heterocycles. The number of halogens is 1. The lowest BCUT2D eigenvalue weighted by molar-refractivity contribution is -0.119. The van der Waals surface area contributed by atoms with Crippen molar-refractivity contribution >= 4 is 17.7 Å². The zero-order chi connectivity index (χ0) is 22.0. The van der Waals surface area contributed by atoms with Crippen molar-refractivity contribution in [2.75, 3.05) is 37.7 Å². The van der Waals surface area contributed by atoms with Gasteiger partial charge < -0.3 is 15.2 Å². The number of hydrogen-bond acceptors (Lipinski definition) is 5. The van der Waals surface area contributed by atoms with Crippen molar-refractivity contribution in [3.8, 4) is 11.1 Å². The van der Waals surface area contributed by atoms with Gasteiger partial charge in [-0.05, 0) is 35.7 Å².